The Morgan fingerprint density at radius 3 is 2.29 bits per heavy atom. The van der Waals surface area contributed by atoms with Crippen LogP contribution in [0.1, 0.15) is 23.1 Å². The Hall–Kier alpha value is -2.09. The van der Waals surface area contributed by atoms with Gasteiger partial charge in [0.05, 0.1) is 11.5 Å². The van der Waals surface area contributed by atoms with Crippen LogP contribution < -0.4 is 9.64 Å². The van der Waals surface area contributed by atoms with E-state index in [0.29, 0.717) is 19.5 Å². The molecule has 0 amide bonds. The summed E-state index contributed by atoms with van der Waals surface area (Å²) in [5.41, 5.74) is 4.44. The van der Waals surface area contributed by atoms with Gasteiger partial charge in [-0.25, -0.2) is 8.42 Å². The van der Waals surface area contributed by atoms with E-state index in [9.17, 15) is 13.5 Å². The Kier molecular flexibility index (Phi) is 7.62. The molecule has 2 atom stereocenters. The van der Waals surface area contributed by atoms with Crippen molar-refractivity contribution >= 4 is 15.5 Å². The molecule has 1 saturated heterocycles. The van der Waals surface area contributed by atoms with E-state index in [4.69, 9.17) is 4.74 Å². The fraction of sp³-hybridized carbons (Fsp3) is 0.500. The van der Waals surface area contributed by atoms with Gasteiger partial charge in [-0.3, -0.25) is 4.90 Å². The van der Waals surface area contributed by atoms with E-state index in [1.807, 2.05) is 45.0 Å². The Morgan fingerprint density at radius 1 is 1.10 bits per heavy atom. The average molecular weight is 447 g/mol. The standard InChI is InChI=1S/C24H34N2O4S/c1-18-11-19(2)13-24(12-18)30-16-23(27)15-26(22-9-10-31(28,29)17-22)14-20-5-7-21(8-6-20)25(3)4/h5-8,11-13,22-23,27H,9-10,14-17H2,1-4H3. The molecular formula is C24H34N2O4S. The molecule has 0 bridgehead atoms. The second kappa shape index (κ2) is 10.0. The number of ether oxygens (including phenoxy) is 1. The van der Waals surface area contributed by atoms with Crippen LogP contribution in [0.5, 0.6) is 5.75 Å². The van der Waals surface area contributed by atoms with E-state index in [1.54, 1.807) is 0 Å². The Bertz CT molecular complexity index is 953. The lowest BCUT2D eigenvalue weighted by atomic mass is 10.1. The summed E-state index contributed by atoms with van der Waals surface area (Å²) in [7, 11) is 0.981. The van der Waals surface area contributed by atoms with E-state index < -0.39 is 15.9 Å². The molecule has 6 nitrogen and oxygen atoms in total. The highest BCUT2D eigenvalue weighted by molar-refractivity contribution is 7.91. The fourth-order valence-electron chi connectivity index (χ4n) is 4.07. The zero-order chi connectivity index (χ0) is 22.6. The number of aliphatic hydroxyl groups is 1. The maximum atomic E-state index is 12.1. The number of aliphatic hydroxyl groups excluding tert-OH is 1. The third kappa shape index (κ3) is 6.95. The van der Waals surface area contributed by atoms with Crippen LogP contribution in [0.2, 0.25) is 0 Å². The highest BCUT2D eigenvalue weighted by Gasteiger charge is 2.33. The Labute approximate surface area is 186 Å². The number of nitrogens with zero attached hydrogens (tertiary/aromatic N) is 2. The highest BCUT2D eigenvalue weighted by atomic mass is 32.2. The largest absolute Gasteiger partial charge is 0.491 e. The van der Waals surface area contributed by atoms with Crippen LogP contribution in [0.4, 0.5) is 5.69 Å². The summed E-state index contributed by atoms with van der Waals surface area (Å²) in [4.78, 5) is 4.13. The molecule has 1 heterocycles. The van der Waals surface area contributed by atoms with Gasteiger partial charge in [0, 0.05) is 38.9 Å². The van der Waals surface area contributed by atoms with Crippen molar-refractivity contribution in [1.82, 2.24) is 4.90 Å². The van der Waals surface area contributed by atoms with E-state index >= 15 is 0 Å². The SMILES string of the molecule is Cc1cc(C)cc(OCC(O)CN(Cc2ccc(N(C)C)cc2)C2CCS(=O)(=O)C2)c1. The molecule has 1 N–H and O–H groups in total. The monoisotopic (exact) mass is 446 g/mol. The Morgan fingerprint density at radius 2 is 1.74 bits per heavy atom. The molecule has 1 aliphatic heterocycles. The van der Waals surface area contributed by atoms with Gasteiger partial charge in [-0.05, 0) is 61.2 Å². The van der Waals surface area contributed by atoms with Crippen LogP contribution in [-0.4, -0.2) is 69.3 Å². The van der Waals surface area contributed by atoms with Crippen molar-refractivity contribution in [3.8, 4) is 5.75 Å². The smallest absolute Gasteiger partial charge is 0.151 e. The summed E-state index contributed by atoms with van der Waals surface area (Å²) in [6, 6.07) is 14.1. The second-order valence-corrected chi connectivity index (χ2v) is 11.1. The summed E-state index contributed by atoms with van der Waals surface area (Å²) in [6.45, 7) is 5.15. The molecule has 0 spiro atoms. The topological polar surface area (TPSA) is 70.1 Å². The van der Waals surface area contributed by atoms with Gasteiger partial charge in [-0.15, -0.1) is 0 Å². The molecule has 170 valence electrons. The third-order valence-corrected chi connectivity index (χ3v) is 7.40. The van der Waals surface area contributed by atoms with E-state index in [1.165, 1.54) is 0 Å². The molecule has 2 aromatic carbocycles. The van der Waals surface area contributed by atoms with Crippen molar-refractivity contribution in [2.45, 2.75) is 39.0 Å². The van der Waals surface area contributed by atoms with Crippen LogP contribution >= 0.6 is 0 Å². The molecular weight excluding hydrogens is 412 g/mol. The number of hydrogen-bond acceptors (Lipinski definition) is 6. The molecule has 31 heavy (non-hydrogen) atoms. The van der Waals surface area contributed by atoms with Gasteiger partial charge in [0.15, 0.2) is 9.84 Å². The molecule has 0 radical (unpaired) electrons. The highest BCUT2D eigenvalue weighted by Crippen LogP contribution is 2.22. The zero-order valence-electron chi connectivity index (χ0n) is 18.9. The maximum Gasteiger partial charge on any atom is 0.151 e. The van der Waals surface area contributed by atoms with Crippen molar-refractivity contribution in [3.05, 3.63) is 59.2 Å². The molecule has 3 rings (SSSR count). The average Bonchev–Trinajstić information content (AvgIpc) is 3.05. The van der Waals surface area contributed by atoms with E-state index in [-0.39, 0.29) is 24.2 Å². The zero-order valence-corrected chi connectivity index (χ0v) is 19.7. The summed E-state index contributed by atoms with van der Waals surface area (Å²) >= 11 is 0. The van der Waals surface area contributed by atoms with Gasteiger partial charge in [-0.2, -0.15) is 0 Å². The number of aryl methyl sites for hydroxylation is 2. The van der Waals surface area contributed by atoms with Gasteiger partial charge >= 0.3 is 0 Å². The minimum atomic E-state index is -3.01. The first-order valence-electron chi connectivity index (χ1n) is 10.7. The number of rotatable bonds is 9. The number of benzene rings is 2. The maximum absolute atomic E-state index is 12.1. The lowest BCUT2D eigenvalue weighted by Gasteiger charge is -2.30. The first-order valence-corrected chi connectivity index (χ1v) is 12.5. The molecule has 0 aliphatic carbocycles. The molecule has 0 saturated carbocycles. The minimum Gasteiger partial charge on any atom is -0.491 e. The molecule has 2 aromatic rings. The lowest BCUT2D eigenvalue weighted by Crippen LogP contribution is -2.42. The van der Waals surface area contributed by atoms with Crippen LogP contribution in [0.25, 0.3) is 0 Å². The predicted molar refractivity (Wildman–Crippen MR) is 126 cm³/mol. The summed E-state index contributed by atoms with van der Waals surface area (Å²) < 4.78 is 29.9. The number of sulfone groups is 1. The summed E-state index contributed by atoms with van der Waals surface area (Å²) in [6.07, 6.45) is -0.117. The van der Waals surface area contributed by atoms with Crippen molar-refractivity contribution in [2.75, 3.05) is 43.7 Å². The van der Waals surface area contributed by atoms with Gasteiger partial charge in [0.1, 0.15) is 18.5 Å². The Balaban J connectivity index is 1.67. The van der Waals surface area contributed by atoms with Gasteiger partial charge < -0.3 is 14.7 Å². The van der Waals surface area contributed by atoms with Crippen LogP contribution in [0, 0.1) is 13.8 Å². The summed E-state index contributed by atoms with van der Waals surface area (Å²) in [5, 5.41) is 10.7. The van der Waals surface area contributed by atoms with Gasteiger partial charge in [0.25, 0.3) is 0 Å². The predicted octanol–water partition coefficient (Wildman–Crippen LogP) is 2.80. The molecule has 7 heteroatoms. The lowest BCUT2D eigenvalue weighted by molar-refractivity contribution is 0.0524. The second-order valence-electron chi connectivity index (χ2n) is 8.84. The van der Waals surface area contributed by atoms with Gasteiger partial charge in [-0.1, -0.05) is 18.2 Å². The van der Waals surface area contributed by atoms with Gasteiger partial charge in [0.2, 0.25) is 0 Å². The van der Waals surface area contributed by atoms with Crippen molar-refractivity contribution in [3.63, 3.8) is 0 Å². The normalized spacial score (nSPS) is 18.8. The quantitative estimate of drug-likeness (QED) is 0.639. The molecule has 0 aromatic heterocycles. The fourth-order valence-corrected chi connectivity index (χ4v) is 5.83. The number of anilines is 1. The van der Waals surface area contributed by atoms with E-state index in [2.05, 4.69) is 35.2 Å². The first kappa shape index (κ1) is 23.6. The van der Waals surface area contributed by atoms with Crippen LogP contribution in [0.3, 0.4) is 0 Å². The van der Waals surface area contributed by atoms with Crippen LogP contribution in [-0.2, 0) is 16.4 Å². The molecule has 2 unspecified atom stereocenters. The van der Waals surface area contributed by atoms with E-state index in [0.717, 1.165) is 28.1 Å². The van der Waals surface area contributed by atoms with Crippen molar-refractivity contribution in [2.24, 2.45) is 0 Å². The van der Waals surface area contributed by atoms with Crippen LogP contribution in [0.15, 0.2) is 42.5 Å². The van der Waals surface area contributed by atoms with Crippen molar-refractivity contribution in [1.29, 1.82) is 0 Å². The molecule has 1 fully saturated rings. The third-order valence-electron chi connectivity index (χ3n) is 5.65. The minimum absolute atomic E-state index is 0.0885. The summed E-state index contributed by atoms with van der Waals surface area (Å²) in [5.74, 6) is 1.10. The number of hydrogen-bond donors (Lipinski definition) is 1. The van der Waals surface area contributed by atoms with Crippen molar-refractivity contribution < 1.29 is 18.3 Å². The first-order chi connectivity index (χ1) is 14.6. The molecule has 1 aliphatic rings.